The highest BCUT2D eigenvalue weighted by atomic mass is 14.4. The fourth-order valence-corrected chi connectivity index (χ4v) is 2.88. The Morgan fingerprint density at radius 1 is 1.29 bits per heavy atom. The Morgan fingerprint density at radius 3 is 2.59 bits per heavy atom. The van der Waals surface area contributed by atoms with Crippen LogP contribution in [0.2, 0.25) is 0 Å². The minimum Gasteiger partial charge on any atom is -0.198 e. The Hall–Kier alpha value is -1.29. The first-order valence-corrected chi connectivity index (χ1v) is 6.69. The van der Waals surface area contributed by atoms with Gasteiger partial charge in [0, 0.05) is 0 Å². The molecular formula is C16H21N. The molecule has 1 nitrogen and oxygen atoms in total. The van der Waals surface area contributed by atoms with Gasteiger partial charge in [0.1, 0.15) is 0 Å². The molecule has 0 unspecified atom stereocenters. The van der Waals surface area contributed by atoms with E-state index in [9.17, 15) is 5.26 Å². The lowest BCUT2D eigenvalue weighted by Crippen LogP contribution is -2.17. The van der Waals surface area contributed by atoms with E-state index in [4.69, 9.17) is 0 Å². The highest BCUT2D eigenvalue weighted by Crippen LogP contribution is 2.40. The molecule has 1 aromatic carbocycles. The summed E-state index contributed by atoms with van der Waals surface area (Å²) >= 11 is 0. The molecule has 0 radical (unpaired) electrons. The molecule has 0 saturated heterocycles. The van der Waals surface area contributed by atoms with Gasteiger partial charge in [0.05, 0.1) is 11.5 Å². The zero-order valence-corrected chi connectivity index (χ0v) is 10.9. The van der Waals surface area contributed by atoms with Gasteiger partial charge in [-0.2, -0.15) is 5.26 Å². The lowest BCUT2D eigenvalue weighted by Gasteiger charge is -2.21. The summed E-state index contributed by atoms with van der Waals surface area (Å²) in [6, 6.07) is 9.29. The van der Waals surface area contributed by atoms with E-state index in [0.29, 0.717) is 0 Å². The van der Waals surface area contributed by atoms with Crippen LogP contribution in [0.4, 0.5) is 0 Å². The number of rotatable bonds is 3. The maximum absolute atomic E-state index is 9.45. The van der Waals surface area contributed by atoms with Gasteiger partial charge in [-0.1, -0.05) is 38.0 Å². The van der Waals surface area contributed by atoms with Gasteiger partial charge in [0.15, 0.2) is 0 Å². The third kappa shape index (κ3) is 2.52. The first-order chi connectivity index (χ1) is 8.19. The van der Waals surface area contributed by atoms with Crippen molar-refractivity contribution in [3.63, 3.8) is 0 Å². The zero-order chi connectivity index (χ0) is 12.3. The Kier molecular flexibility index (Phi) is 3.52. The van der Waals surface area contributed by atoms with Crippen molar-refractivity contribution in [1.82, 2.24) is 0 Å². The van der Waals surface area contributed by atoms with Crippen molar-refractivity contribution in [3.05, 3.63) is 34.9 Å². The fourth-order valence-electron chi connectivity index (χ4n) is 2.88. The molecular weight excluding hydrogens is 206 g/mol. The van der Waals surface area contributed by atoms with E-state index in [1.165, 1.54) is 29.5 Å². The van der Waals surface area contributed by atoms with Crippen LogP contribution in [0.5, 0.6) is 0 Å². The number of hydrogen-bond donors (Lipinski definition) is 0. The van der Waals surface area contributed by atoms with Crippen molar-refractivity contribution in [3.8, 4) is 6.07 Å². The Labute approximate surface area is 104 Å². The molecule has 17 heavy (non-hydrogen) atoms. The molecule has 0 aliphatic heterocycles. The summed E-state index contributed by atoms with van der Waals surface area (Å²) in [5.74, 6) is 0. The monoisotopic (exact) mass is 227 g/mol. The van der Waals surface area contributed by atoms with Crippen molar-refractivity contribution in [2.45, 2.75) is 52.4 Å². The molecule has 1 aromatic rings. The molecule has 90 valence electrons. The maximum Gasteiger partial charge on any atom is 0.0693 e. The quantitative estimate of drug-likeness (QED) is 0.759. The Morgan fingerprint density at radius 2 is 2.00 bits per heavy atom. The molecule has 0 N–H and O–H groups in total. The minimum atomic E-state index is -0.0723. The second-order valence-electron chi connectivity index (χ2n) is 5.39. The molecule has 1 fully saturated rings. The molecule has 0 bridgehead atoms. The maximum atomic E-state index is 9.45. The minimum absolute atomic E-state index is 0.0723. The molecule has 1 aliphatic carbocycles. The van der Waals surface area contributed by atoms with Crippen molar-refractivity contribution in [2.24, 2.45) is 5.41 Å². The summed E-state index contributed by atoms with van der Waals surface area (Å²) in [5.41, 5.74) is 4.03. The van der Waals surface area contributed by atoms with E-state index in [2.05, 4.69) is 38.1 Å². The summed E-state index contributed by atoms with van der Waals surface area (Å²) in [6.45, 7) is 4.35. The molecule has 2 rings (SSSR count). The normalized spacial score (nSPS) is 17.9. The third-order valence-corrected chi connectivity index (χ3v) is 4.15. The summed E-state index contributed by atoms with van der Waals surface area (Å²) < 4.78 is 0. The first kappa shape index (κ1) is 12.2. The average molecular weight is 227 g/mol. The van der Waals surface area contributed by atoms with Gasteiger partial charge in [-0.3, -0.25) is 0 Å². The average Bonchev–Trinajstić information content (AvgIpc) is 2.81. The van der Waals surface area contributed by atoms with Crippen molar-refractivity contribution < 1.29 is 0 Å². The van der Waals surface area contributed by atoms with Crippen molar-refractivity contribution in [2.75, 3.05) is 0 Å². The van der Waals surface area contributed by atoms with Crippen LogP contribution in [0.3, 0.4) is 0 Å². The van der Waals surface area contributed by atoms with E-state index in [1.54, 1.807) is 0 Å². The summed E-state index contributed by atoms with van der Waals surface area (Å²) in [7, 11) is 0. The molecule has 0 amide bonds. The molecule has 0 aromatic heterocycles. The van der Waals surface area contributed by atoms with Crippen molar-refractivity contribution >= 4 is 0 Å². The summed E-state index contributed by atoms with van der Waals surface area (Å²) in [4.78, 5) is 0. The molecule has 0 heterocycles. The second-order valence-corrected chi connectivity index (χ2v) is 5.39. The zero-order valence-electron chi connectivity index (χ0n) is 10.9. The van der Waals surface area contributed by atoms with Crippen LogP contribution < -0.4 is 0 Å². The van der Waals surface area contributed by atoms with Gasteiger partial charge in [-0.15, -0.1) is 0 Å². The third-order valence-electron chi connectivity index (χ3n) is 4.15. The number of nitrogens with zero attached hydrogens (tertiary/aromatic N) is 1. The lowest BCUT2D eigenvalue weighted by atomic mass is 9.80. The van der Waals surface area contributed by atoms with Gasteiger partial charge in [-0.05, 0) is 49.3 Å². The highest BCUT2D eigenvalue weighted by Gasteiger charge is 2.34. The van der Waals surface area contributed by atoms with Gasteiger partial charge >= 0.3 is 0 Å². The van der Waals surface area contributed by atoms with Crippen molar-refractivity contribution in [1.29, 1.82) is 5.26 Å². The van der Waals surface area contributed by atoms with E-state index in [1.807, 2.05) is 0 Å². The van der Waals surface area contributed by atoms with E-state index >= 15 is 0 Å². The van der Waals surface area contributed by atoms with Crippen LogP contribution in [-0.2, 0) is 12.8 Å². The molecule has 0 atom stereocenters. The predicted octanol–water partition coefficient (Wildman–Crippen LogP) is 4.18. The smallest absolute Gasteiger partial charge is 0.0693 e. The number of benzene rings is 1. The largest absolute Gasteiger partial charge is 0.198 e. The van der Waals surface area contributed by atoms with Crippen LogP contribution >= 0.6 is 0 Å². The lowest BCUT2D eigenvalue weighted by molar-refractivity contribution is 0.407. The number of nitriles is 1. The van der Waals surface area contributed by atoms with Crippen LogP contribution in [0.15, 0.2) is 18.2 Å². The number of aryl methyl sites for hydroxylation is 2. The molecule has 0 spiro atoms. The van der Waals surface area contributed by atoms with Gasteiger partial charge < -0.3 is 0 Å². The van der Waals surface area contributed by atoms with Gasteiger partial charge in [0.2, 0.25) is 0 Å². The number of hydrogen-bond acceptors (Lipinski definition) is 1. The van der Waals surface area contributed by atoms with E-state index in [-0.39, 0.29) is 5.41 Å². The predicted molar refractivity (Wildman–Crippen MR) is 70.8 cm³/mol. The fraction of sp³-hybridized carbons (Fsp3) is 0.562. The van der Waals surface area contributed by atoms with Crippen LogP contribution in [0.25, 0.3) is 0 Å². The van der Waals surface area contributed by atoms with Crippen LogP contribution in [-0.4, -0.2) is 0 Å². The second kappa shape index (κ2) is 4.92. The molecule has 1 aliphatic rings. The SMILES string of the molecule is CCc1ccc(C)c(CC2(C#N)CCCC2)c1. The Bertz CT molecular complexity index is 433. The first-order valence-electron chi connectivity index (χ1n) is 6.69. The van der Waals surface area contributed by atoms with Gasteiger partial charge in [-0.25, -0.2) is 0 Å². The standard InChI is InChI=1S/C16H21N/c1-3-14-7-6-13(2)15(10-14)11-16(12-17)8-4-5-9-16/h6-7,10H,3-5,8-9,11H2,1-2H3. The van der Waals surface area contributed by atoms with Crippen LogP contribution in [0, 0.1) is 23.7 Å². The highest BCUT2D eigenvalue weighted by molar-refractivity contribution is 5.33. The molecule has 1 heteroatoms. The Balaban J connectivity index is 2.26. The molecule has 1 saturated carbocycles. The van der Waals surface area contributed by atoms with E-state index < -0.39 is 0 Å². The summed E-state index contributed by atoms with van der Waals surface area (Å²) in [5, 5.41) is 9.45. The van der Waals surface area contributed by atoms with Gasteiger partial charge in [0.25, 0.3) is 0 Å². The topological polar surface area (TPSA) is 23.8 Å². The van der Waals surface area contributed by atoms with E-state index in [0.717, 1.165) is 25.7 Å². The van der Waals surface area contributed by atoms with Crippen LogP contribution in [0.1, 0.15) is 49.3 Å². The summed E-state index contributed by atoms with van der Waals surface area (Å²) in [6.07, 6.45) is 6.63.